The Labute approximate surface area is 172 Å². The molecule has 1 N–H and O–H groups in total. The topological polar surface area (TPSA) is 64.0 Å². The molecule has 30 heavy (non-hydrogen) atoms. The highest BCUT2D eigenvalue weighted by Crippen LogP contribution is 2.29. The minimum absolute atomic E-state index is 0.327. The lowest BCUT2D eigenvalue weighted by atomic mass is 9.97. The number of ether oxygens (including phenoxy) is 1. The number of aromatic amines is 1. The van der Waals surface area contributed by atoms with Crippen molar-refractivity contribution in [2.24, 2.45) is 5.92 Å². The minimum atomic E-state index is -4.39. The van der Waals surface area contributed by atoms with E-state index < -0.39 is 17.7 Å². The van der Waals surface area contributed by atoms with Gasteiger partial charge in [0.05, 0.1) is 24.6 Å². The van der Waals surface area contributed by atoms with Crippen molar-refractivity contribution in [1.29, 1.82) is 0 Å². The average Bonchev–Trinajstić information content (AvgIpc) is 2.77. The number of hydrogen-bond donors (Lipinski definition) is 0. The quantitative estimate of drug-likeness (QED) is 0.695. The van der Waals surface area contributed by atoms with Crippen molar-refractivity contribution in [2.75, 3.05) is 36.5 Å². The second-order valence-electron chi connectivity index (χ2n) is 7.12. The summed E-state index contributed by atoms with van der Waals surface area (Å²) >= 11 is 0. The number of carbonyl (C=O) groups excluding carboxylic acids is 2. The first kappa shape index (κ1) is 21.6. The maximum absolute atomic E-state index is 12.7. The van der Waals surface area contributed by atoms with Crippen LogP contribution in [0.4, 0.5) is 24.7 Å². The second-order valence-corrected chi connectivity index (χ2v) is 7.12. The van der Waals surface area contributed by atoms with Gasteiger partial charge in [-0.05, 0) is 31.0 Å². The molecule has 2 heterocycles. The lowest BCUT2D eigenvalue weighted by Gasteiger charge is -2.26. The van der Waals surface area contributed by atoms with Crippen molar-refractivity contribution in [1.82, 2.24) is 0 Å². The molecule has 6 nitrogen and oxygen atoms in total. The first-order chi connectivity index (χ1) is 14.3. The van der Waals surface area contributed by atoms with Gasteiger partial charge in [-0.1, -0.05) is 18.2 Å². The lowest BCUT2D eigenvalue weighted by molar-refractivity contribution is -0.367. The van der Waals surface area contributed by atoms with Crippen molar-refractivity contribution >= 4 is 23.4 Å². The molecule has 1 aromatic carbocycles. The van der Waals surface area contributed by atoms with E-state index in [1.54, 1.807) is 19.2 Å². The fourth-order valence-electron chi connectivity index (χ4n) is 3.29. The van der Waals surface area contributed by atoms with Crippen LogP contribution in [-0.4, -0.2) is 38.6 Å². The number of nitrogens with one attached hydrogen (secondary N) is 1. The molecule has 1 saturated heterocycles. The summed E-state index contributed by atoms with van der Waals surface area (Å²) in [6, 6.07) is 11.5. The van der Waals surface area contributed by atoms with E-state index in [2.05, 4.69) is 4.98 Å². The number of nitrogens with zero attached hydrogens (tertiary/aromatic N) is 2. The number of aromatic nitrogens is 1. The predicted molar refractivity (Wildman–Crippen MR) is 104 cm³/mol. The standard InChI is InChI=1S/C21H22F3N3O3/c1-26(17-5-3-2-4-6-17)19(28)14-30-20(29)15-9-11-27(12-10-15)18-8-7-16(13-25-18)21(22,23)24/h2-8,13,15H,9-12,14H2,1H3/p+1. The zero-order valence-electron chi connectivity index (χ0n) is 16.5. The van der Waals surface area contributed by atoms with Crippen LogP contribution in [0.15, 0.2) is 48.7 Å². The molecule has 0 spiro atoms. The third-order valence-electron chi connectivity index (χ3n) is 5.15. The van der Waals surface area contributed by atoms with E-state index in [0.29, 0.717) is 37.4 Å². The maximum Gasteiger partial charge on any atom is 0.419 e. The smallest absolute Gasteiger partial charge is 0.419 e. The number of piperidine rings is 1. The van der Waals surface area contributed by atoms with E-state index in [1.165, 1.54) is 11.0 Å². The Hall–Kier alpha value is -3.10. The number of hydrogen-bond acceptors (Lipinski definition) is 4. The number of amides is 1. The van der Waals surface area contributed by atoms with Gasteiger partial charge in [-0.3, -0.25) is 14.5 Å². The van der Waals surface area contributed by atoms with Crippen LogP contribution in [0.5, 0.6) is 0 Å². The first-order valence-electron chi connectivity index (χ1n) is 9.58. The SMILES string of the molecule is CN(C(=O)COC(=O)C1CCN(c2ccc(C(F)(F)F)c[nH+]2)CC1)c1ccccc1. The Morgan fingerprint density at radius 3 is 2.37 bits per heavy atom. The van der Waals surface area contributed by atoms with E-state index in [9.17, 15) is 22.8 Å². The van der Waals surface area contributed by atoms with E-state index in [0.717, 1.165) is 12.3 Å². The molecular formula is C21H23F3N3O3+. The molecule has 1 aliphatic rings. The number of carbonyl (C=O) groups is 2. The Kier molecular flexibility index (Phi) is 6.59. The number of para-hydroxylation sites is 1. The van der Waals surface area contributed by atoms with Gasteiger partial charge in [-0.25, -0.2) is 4.98 Å². The van der Waals surface area contributed by atoms with Crippen LogP contribution in [0.3, 0.4) is 0 Å². The zero-order chi connectivity index (χ0) is 21.7. The van der Waals surface area contributed by atoms with E-state index in [-0.39, 0.29) is 18.4 Å². The van der Waals surface area contributed by atoms with Crippen molar-refractivity contribution in [3.63, 3.8) is 0 Å². The van der Waals surface area contributed by atoms with Gasteiger partial charge < -0.3 is 9.64 Å². The zero-order valence-corrected chi connectivity index (χ0v) is 16.5. The lowest BCUT2D eigenvalue weighted by Crippen LogP contribution is -2.40. The molecule has 2 aromatic rings. The summed E-state index contributed by atoms with van der Waals surface area (Å²) < 4.78 is 43.2. The van der Waals surface area contributed by atoms with Crippen molar-refractivity contribution in [3.05, 3.63) is 54.2 Å². The molecule has 0 bridgehead atoms. The number of anilines is 2. The Bertz CT molecular complexity index is 865. The van der Waals surface area contributed by atoms with E-state index in [1.807, 2.05) is 23.1 Å². The van der Waals surface area contributed by atoms with Crippen LogP contribution in [0.1, 0.15) is 18.4 Å². The number of halogens is 3. The van der Waals surface area contributed by atoms with Gasteiger partial charge in [0.2, 0.25) is 0 Å². The van der Waals surface area contributed by atoms with Gasteiger partial charge >= 0.3 is 12.1 Å². The van der Waals surface area contributed by atoms with Gasteiger partial charge in [0.15, 0.2) is 6.61 Å². The van der Waals surface area contributed by atoms with Crippen molar-refractivity contribution in [3.8, 4) is 0 Å². The minimum Gasteiger partial charge on any atom is -0.455 e. The summed E-state index contributed by atoms with van der Waals surface area (Å²) in [5, 5.41) is 0. The molecule has 0 unspecified atom stereocenters. The molecule has 1 fully saturated rings. The fourth-order valence-corrected chi connectivity index (χ4v) is 3.29. The molecule has 3 rings (SSSR count). The molecule has 9 heteroatoms. The van der Waals surface area contributed by atoms with Crippen LogP contribution in [0.25, 0.3) is 0 Å². The van der Waals surface area contributed by atoms with Crippen molar-refractivity contribution in [2.45, 2.75) is 19.0 Å². The van der Waals surface area contributed by atoms with Gasteiger partial charge in [0.1, 0.15) is 6.20 Å². The Morgan fingerprint density at radius 1 is 1.13 bits per heavy atom. The number of pyridine rings is 1. The van der Waals surface area contributed by atoms with E-state index >= 15 is 0 Å². The van der Waals surface area contributed by atoms with Crippen molar-refractivity contribution < 1.29 is 32.5 Å². The predicted octanol–water partition coefficient (Wildman–Crippen LogP) is 2.94. The number of H-pyrrole nitrogens is 1. The summed E-state index contributed by atoms with van der Waals surface area (Å²) in [7, 11) is 1.62. The summed E-state index contributed by atoms with van der Waals surface area (Å²) in [6.07, 6.45) is -2.46. The monoisotopic (exact) mass is 422 g/mol. The van der Waals surface area contributed by atoms with Crippen LogP contribution in [-0.2, 0) is 20.5 Å². The molecule has 0 aliphatic carbocycles. The third kappa shape index (κ3) is 5.28. The molecule has 1 aliphatic heterocycles. The largest absolute Gasteiger partial charge is 0.455 e. The molecule has 0 saturated carbocycles. The number of likely N-dealkylation sites (N-methyl/N-ethyl adjacent to an activating group) is 1. The maximum atomic E-state index is 12.7. The third-order valence-corrected chi connectivity index (χ3v) is 5.15. The summed E-state index contributed by atoms with van der Waals surface area (Å²) in [4.78, 5) is 30.5. The Balaban J connectivity index is 1.46. The highest BCUT2D eigenvalue weighted by molar-refractivity contribution is 5.94. The van der Waals surface area contributed by atoms with Gasteiger partial charge in [0.25, 0.3) is 11.7 Å². The number of benzene rings is 1. The van der Waals surface area contributed by atoms with Crippen LogP contribution >= 0.6 is 0 Å². The molecule has 0 atom stereocenters. The van der Waals surface area contributed by atoms with Gasteiger partial charge in [0, 0.05) is 18.8 Å². The average molecular weight is 422 g/mol. The summed E-state index contributed by atoms with van der Waals surface area (Å²) in [5.74, 6) is -0.535. The van der Waals surface area contributed by atoms with Crippen LogP contribution in [0, 0.1) is 5.92 Å². The summed E-state index contributed by atoms with van der Waals surface area (Å²) in [6.45, 7) is 0.663. The molecule has 1 amide bonds. The normalized spacial score (nSPS) is 15.0. The van der Waals surface area contributed by atoms with E-state index in [4.69, 9.17) is 4.74 Å². The Morgan fingerprint density at radius 2 is 1.80 bits per heavy atom. The van der Waals surface area contributed by atoms with Crippen LogP contribution < -0.4 is 14.8 Å². The van der Waals surface area contributed by atoms with Gasteiger partial charge in [-0.15, -0.1) is 0 Å². The second kappa shape index (κ2) is 9.15. The molecule has 1 aromatic heterocycles. The fraction of sp³-hybridized carbons (Fsp3) is 0.381. The highest BCUT2D eigenvalue weighted by atomic mass is 19.4. The number of rotatable bonds is 5. The molecule has 0 radical (unpaired) electrons. The molecule has 160 valence electrons. The summed E-state index contributed by atoms with van der Waals surface area (Å²) in [5.41, 5.74) is -0.0329. The van der Waals surface area contributed by atoms with Gasteiger partial charge in [-0.2, -0.15) is 13.2 Å². The van der Waals surface area contributed by atoms with Crippen LogP contribution in [0.2, 0.25) is 0 Å². The highest BCUT2D eigenvalue weighted by Gasteiger charge is 2.34. The molecular weight excluding hydrogens is 399 g/mol. The number of esters is 1. The first-order valence-corrected chi connectivity index (χ1v) is 9.58. The number of alkyl halides is 3.